The molecule has 1 aliphatic heterocycles. The summed E-state index contributed by atoms with van der Waals surface area (Å²) in [5.41, 5.74) is 0.714. The van der Waals surface area contributed by atoms with E-state index in [2.05, 4.69) is 15.1 Å². The van der Waals surface area contributed by atoms with E-state index < -0.39 is 5.60 Å². The molecule has 3 aromatic rings. The molecule has 22 heavy (non-hydrogen) atoms. The van der Waals surface area contributed by atoms with Gasteiger partial charge in [-0.15, -0.1) is 0 Å². The van der Waals surface area contributed by atoms with Crippen LogP contribution in [0.1, 0.15) is 18.7 Å². The summed E-state index contributed by atoms with van der Waals surface area (Å²) in [7, 11) is 0. The van der Waals surface area contributed by atoms with Crippen molar-refractivity contribution < 1.29 is 9.63 Å². The van der Waals surface area contributed by atoms with Gasteiger partial charge in [0.15, 0.2) is 0 Å². The molecule has 0 aliphatic carbocycles. The number of fused-ring (bicyclic) bond motifs is 1. The summed E-state index contributed by atoms with van der Waals surface area (Å²) in [5.74, 6) is 2.56. The first kappa shape index (κ1) is 14.1. The predicted octanol–water partition coefficient (Wildman–Crippen LogP) is 3.59. The van der Waals surface area contributed by atoms with Gasteiger partial charge in [-0.2, -0.15) is 16.7 Å². The van der Waals surface area contributed by atoms with E-state index in [4.69, 9.17) is 16.1 Å². The van der Waals surface area contributed by atoms with Crippen LogP contribution in [-0.2, 0) is 5.60 Å². The fourth-order valence-corrected chi connectivity index (χ4v) is 4.02. The van der Waals surface area contributed by atoms with Crippen LogP contribution >= 0.6 is 23.4 Å². The highest BCUT2D eigenvalue weighted by molar-refractivity contribution is 7.99. The van der Waals surface area contributed by atoms with Gasteiger partial charge in [-0.1, -0.05) is 16.8 Å². The summed E-state index contributed by atoms with van der Waals surface area (Å²) in [4.78, 5) is 7.63. The van der Waals surface area contributed by atoms with Crippen molar-refractivity contribution in [1.82, 2.24) is 15.1 Å². The Balaban J connectivity index is 1.70. The van der Waals surface area contributed by atoms with Crippen molar-refractivity contribution in [1.29, 1.82) is 0 Å². The summed E-state index contributed by atoms with van der Waals surface area (Å²) >= 11 is 7.83. The van der Waals surface area contributed by atoms with Crippen LogP contribution in [0.2, 0.25) is 5.02 Å². The Morgan fingerprint density at radius 2 is 2.09 bits per heavy atom. The molecule has 0 atom stereocenters. The Morgan fingerprint density at radius 1 is 1.27 bits per heavy atom. The zero-order valence-corrected chi connectivity index (χ0v) is 13.2. The van der Waals surface area contributed by atoms with Gasteiger partial charge in [0.05, 0.1) is 5.69 Å². The molecule has 0 unspecified atom stereocenters. The molecule has 5 nitrogen and oxygen atoms in total. The van der Waals surface area contributed by atoms with Crippen LogP contribution in [0.3, 0.4) is 0 Å². The summed E-state index contributed by atoms with van der Waals surface area (Å²) in [6.07, 6.45) is 1.28. The molecule has 0 spiro atoms. The van der Waals surface area contributed by atoms with Crippen LogP contribution in [-0.4, -0.2) is 31.7 Å². The average Bonchev–Trinajstić information content (AvgIpc) is 3.14. The zero-order chi connectivity index (χ0) is 15.2. The first-order valence-electron chi connectivity index (χ1n) is 7.07. The highest BCUT2D eigenvalue weighted by Gasteiger charge is 2.37. The predicted molar refractivity (Wildman–Crippen MR) is 87.1 cm³/mol. The summed E-state index contributed by atoms with van der Waals surface area (Å²) < 4.78 is 5.31. The molecule has 0 bridgehead atoms. The van der Waals surface area contributed by atoms with Gasteiger partial charge in [-0.25, -0.2) is 0 Å². The number of aromatic amines is 1. The molecule has 1 aromatic carbocycles. The van der Waals surface area contributed by atoms with Crippen LogP contribution in [0.15, 0.2) is 28.8 Å². The Bertz CT molecular complexity index is 823. The molecular formula is C15H14ClN3O2S. The van der Waals surface area contributed by atoms with E-state index in [0.29, 0.717) is 29.6 Å². The van der Waals surface area contributed by atoms with Crippen LogP contribution in [0.5, 0.6) is 0 Å². The van der Waals surface area contributed by atoms with E-state index in [1.54, 1.807) is 0 Å². The van der Waals surface area contributed by atoms with Crippen molar-refractivity contribution in [2.24, 2.45) is 0 Å². The minimum atomic E-state index is -0.994. The van der Waals surface area contributed by atoms with E-state index in [0.717, 1.165) is 28.1 Å². The molecule has 7 heteroatoms. The quantitative estimate of drug-likeness (QED) is 0.748. The van der Waals surface area contributed by atoms with Crippen molar-refractivity contribution in [3.63, 3.8) is 0 Å². The Labute approximate surface area is 136 Å². The van der Waals surface area contributed by atoms with Crippen LogP contribution in [0.25, 0.3) is 22.4 Å². The molecule has 0 radical (unpaired) electrons. The molecule has 4 rings (SSSR count). The van der Waals surface area contributed by atoms with Gasteiger partial charge >= 0.3 is 0 Å². The van der Waals surface area contributed by atoms with E-state index >= 15 is 0 Å². The van der Waals surface area contributed by atoms with Crippen molar-refractivity contribution in [3.05, 3.63) is 35.2 Å². The van der Waals surface area contributed by atoms with Crippen LogP contribution < -0.4 is 0 Å². The summed E-state index contributed by atoms with van der Waals surface area (Å²) in [6.45, 7) is 0. The largest absolute Gasteiger partial charge is 0.380 e. The SMILES string of the molecule is OC1(c2nc(-c3cc4cc(Cl)ccc4[nH]3)no2)CCSCC1. The Kier molecular flexibility index (Phi) is 3.40. The Hall–Kier alpha value is -1.50. The number of aromatic nitrogens is 3. The standard InChI is InChI=1S/C15H14ClN3O2S/c16-10-1-2-11-9(7-10)8-12(17-11)13-18-14(21-19-13)15(20)3-5-22-6-4-15/h1-2,7-8,17,20H,3-6H2. The summed E-state index contributed by atoms with van der Waals surface area (Å²) in [5, 5.41) is 16.3. The van der Waals surface area contributed by atoms with E-state index in [1.807, 2.05) is 36.0 Å². The molecule has 0 amide bonds. The maximum absolute atomic E-state index is 10.6. The molecule has 2 aromatic heterocycles. The lowest BCUT2D eigenvalue weighted by atomic mass is 9.97. The van der Waals surface area contributed by atoms with Crippen LogP contribution in [0, 0.1) is 0 Å². The third-order valence-electron chi connectivity index (χ3n) is 3.97. The second kappa shape index (κ2) is 5.30. The number of nitrogens with zero attached hydrogens (tertiary/aromatic N) is 2. The maximum Gasteiger partial charge on any atom is 0.259 e. The molecule has 1 saturated heterocycles. The number of benzene rings is 1. The lowest BCUT2D eigenvalue weighted by molar-refractivity contribution is -0.00351. The second-order valence-electron chi connectivity index (χ2n) is 5.48. The average molecular weight is 336 g/mol. The van der Waals surface area contributed by atoms with Crippen molar-refractivity contribution in [3.8, 4) is 11.5 Å². The number of aliphatic hydroxyl groups is 1. The van der Waals surface area contributed by atoms with Crippen molar-refractivity contribution in [2.45, 2.75) is 18.4 Å². The lowest BCUT2D eigenvalue weighted by Crippen LogP contribution is -2.30. The normalized spacial score (nSPS) is 17.9. The van der Waals surface area contributed by atoms with E-state index in [9.17, 15) is 5.11 Å². The highest BCUT2D eigenvalue weighted by atomic mass is 35.5. The van der Waals surface area contributed by atoms with Gasteiger partial charge < -0.3 is 14.6 Å². The maximum atomic E-state index is 10.6. The van der Waals surface area contributed by atoms with Gasteiger partial charge in [0.25, 0.3) is 5.89 Å². The fourth-order valence-electron chi connectivity index (χ4n) is 2.67. The number of hydrogen-bond acceptors (Lipinski definition) is 5. The second-order valence-corrected chi connectivity index (χ2v) is 7.14. The monoisotopic (exact) mass is 335 g/mol. The third-order valence-corrected chi connectivity index (χ3v) is 5.19. The minimum absolute atomic E-state index is 0.305. The zero-order valence-electron chi connectivity index (χ0n) is 11.7. The van der Waals surface area contributed by atoms with Crippen molar-refractivity contribution >= 4 is 34.3 Å². The number of hydrogen-bond donors (Lipinski definition) is 2. The minimum Gasteiger partial charge on any atom is -0.380 e. The number of H-pyrrole nitrogens is 1. The van der Waals surface area contributed by atoms with Crippen molar-refractivity contribution in [2.75, 3.05) is 11.5 Å². The van der Waals surface area contributed by atoms with Gasteiger partial charge in [-0.3, -0.25) is 0 Å². The van der Waals surface area contributed by atoms with Gasteiger partial charge in [-0.05, 0) is 48.6 Å². The first-order valence-corrected chi connectivity index (χ1v) is 8.60. The van der Waals surface area contributed by atoms with Gasteiger partial charge in [0, 0.05) is 15.9 Å². The van der Waals surface area contributed by atoms with E-state index in [-0.39, 0.29) is 0 Å². The van der Waals surface area contributed by atoms with Gasteiger partial charge in [0.1, 0.15) is 5.60 Å². The smallest absolute Gasteiger partial charge is 0.259 e. The molecule has 3 heterocycles. The molecular weight excluding hydrogens is 322 g/mol. The third kappa shape index (κ3) is 2.41. The topological polar surface area (TPSA) is 74.9 Å². The Morgan fingerprint density at radius 3 is 2.91 bits per heavy atom. The molecule has 1 fully saturated rings. The molecule has 114 valence electrons. The molecule has 0 saturated carbocycles. The highest BCUT2D eigenvalue weighted by Crippen LogP contribution is 2.35. The first-order chi connectivity index (χ1) is 10.6. The summed E-state index contributed by atoms with van der Waals surface area (Å²) in [6, 6.07) is 7.54. The fraction of sp³-hybridized carbons (Fsp3) is 0.333. The van der Waals surface area contributed by atoms with Crippen LogP contribution in [0.4, 0.5) is 0 Å². The molecule has 2 N–H and O–H groups in total. The van der Waals surface area contributed by atoms with E-state index in [1.165, 1.54) is 0 Å². The van der Waals surface area contributed by atoms with Gasteiger partial charge in [0.2, 0.25) is 5.82 Å². The lowest BCUT2D eigenvalue weighted by Gasteiger charge is -2.27. The molecule has 1 aliphatic rings. The number of rotatable bonds is 2. The number of nitrogens with one attached hydrogen (secondary N) is 1. The number of halogens is 1. The number of thioether (sulfide) groups is 1.